The third-order valence-electron chi connectivity index (χ3n) is 3.77. The van der Waals surface area contributed by atoms with Crippen LogP contribution in [0.3, 0.4) is 0 Å². The first-order valence-electron chi connectivity index (χ1n) is 6.83. The van der Waals surface area contributed by atoms with Gasteiger partial charge in [-0.3, -0.25) is 4.79 Å². The van der Waals surface area contributed by atoms with Crippen LogP contribution in [0.1, 0.15) is 30.2 Å². The molecule has 0 aromatic heterocycles. The molecule has 102 valence electrons. The minimum atomic E-state index is 0.192. The number of ether oxygens (including phenoxy) is 1. The van der Waals surface area contributed by atoms with Gasteiger partial charge in [0.15, 0.2) is 0 Å². The third-order valence-corrected chi connectivity index (χ3v) is 5.03. The lowest BCUT2D eigenvalue weighted by Gasteiger charge is -2.24. The number of hydrogen-bond acceptors (Lipinski definition) is 3. The molecule has 1 atom stereocenters. The minimum Gasteiger partial charge on any atom is -0.497 e. The Morgan fingerprint density at radius 3 is 2.74 bits per heavy atom. The zero-order chi connectivity index (χ0) is 13.2. The average Bonchev–Trinajstić information content (AvgIpc) is 3.11. The molecule has 0 N–H and O–H groups in total. The highest BCUT2D eigenvalue weighted by Gasteiger charge is 2.33. The molecule has 4 heteroatoms. The van der Waals surface area contributed by atoms with E-state index < -0.39 is 0 Å². The van der Waals surface area contributed by atoms with E-state index in [4.69, 9.17) is 4.74 Å². The van der Waals surface area contributed by atoms with Gasteiger partial charge in [-0.05, 0) is 36.5 Å². The zero-order valence-corrected chi connectivity index (χ0v) is 12.0. The van der Waals surface area contributed by atoms with Crippen LogP contribution < -0.4 is 4.74 Å². The van der Waals surface area contributed by atoms with Gasteiger partial charge in [0.2, 0.25) is 5.91 Å². The summed E-state index contributed by atoms with van der Waals surface area (Å²) >= 11 is 1.86. The molecule has 2 aliphatic rings. The van der Waals surface area contributed by atoms with Crippen LogP contribution in [0.25, 0.3) is 0 Å². The Morgan fingerprint density at radius 2 is 2.11 bits per heavy atom. The van der Waals surface area contributed by atoms with Crippen molar-refractivity contribution in [1.29, 1.82) is 0 Å². The van der Waals surface area contributed by atoms with Crippen molar-refractivity contribution < 1.29 is 9.53 Å². The summed E-state index contributed by atoms with van der Waals surface area (Å²) < 4.78 is 5.18. The summed E-state index contributed by atoms with van der Waals surface area (Å²) in [6.07, 6.45) is 3.22. The van der Waals surface area contributed by atoms with Gasteiger partial charge < -0.3 is 9.64 Å². The summed E-state index contributed by atoms with van der Waals surface area (Å²) in [5, 5.41) is 0.192. The molecule has 0 radical (unpaired) electrons. The fourth-order valence-corrected chi connectivity index (χ4v) is 3.73. The largest absolute Gasteiger partial charge is 0.497 e. The van der Waals surface area contributed by atoms with Crippen molar-refractivity contribution in [3.63, 3.8) is 0 Å². The quantitative estimate of drug-likeness (QED) is 0.847. The maximum Gasteiger partial charge on any atom is 0.224 e. The molecule has 1 unspecified atom stereocenters. The molecule has 1 aliphatic carbocycles. The van der Waals surface area contributed by atoms with Gasteiger partial charge in [-0.25, -0.2) is 0 Å². The van der Waals surface area contributed by atoms with E-state index in [1.54, 1.807) is 7.11 Å². The normalized spacial score (nSPS) is 22.6. The van der Waals surface area contributed by atoms with Crippen LogP contribution in [-0.4, -0.2) is 30.2 Å². The van der Waals surface area contributed by atoms with Crippen molar-refractivity contribution in [2.45, 2.75) is 24.6 Å². The highest BCUT2D eigenvalue weighted by Crippen LogP contribution is 2.40. The van der Waals surface area contributed by atoms with E-state index in [0.717, 1.165) is 24.5 Å². The standard InChI is InChI=1S/C15H19NO2S/c1-18-13-6-4-12(5-7-13)15-16(8-9-19-15)14(17)10-11-2-3-11/h4-7,11,15H,2-3,8-10H2,1H3. The summed E-state index contributed by atoms with van der Waals surface area (Å²) in [6, 6.07) is 8.08. The Labute approximate surface area is 118 Å². The van der Waals surface area contributed by atoms with E-state index in [1.807, 2.05) is 28.8 Å². The Bertz CT molecular complexity index is 456. The average molecular weight is 277 g/mol. The van der Waals surface area contributed by atoms with Crippen molar-refractivity contribution in [1.82, 2.24) is 4.90 Å². The van der Waals surface area contributed by atoms with Crippen LogP contribution >= 0.6 is 11.8 Å². The molecule has 0 bridgehead atoms. The number of nitrogens with zero attached hydrogens (tertiary/aromatic N) is 1. The molecule has 1 amide bonds. The molecule has 2 fully saturated rings. The topological polar surface area (TPSA) is 29.5 Å². The molecule has 0 spiro atoms. The first kappa shape index (κ1) is 12.9. The van der Waals surface area contributed by atoms with E-state index >= 15 is 0 Å². The predicted octanol–water partition coefficient (Wildman–Crippen LogP) is 3.07. The Morgan fingerprint density at radius 1 is 1.37 bits per heavy atom. The molecule has 3 rings (SSSR count). The van der Waals surface area contributed by atoms with Gasteiger partial charge in [-0.15, -0.1) is 11.8 Å². The van der Waals surface area contributed by atoms with Gasteiger partial charge in [0.25, 0.3) is 0 Å². The molecule has 1 heterocycles. The lowest BCUT2D eigenvalue weighted by atomic mass is 10.2. The van der Waals surface area contributed by atoms with Gasteiger partial charge in [0.05, 0.1) is 7.11 Å². The zero-order valence-electron chi connectivity index (χ0n) is 11.2. The van der Waals surface area contributed by atoms with Gasteiger partial charge in [0, 0.05) is 18.7 Å². The van der Waals surface area contributed by atoms with Crippen LogP contribution in [-0.2, 0) is 4.79 Å². The summed E-state index contributed by atoms with van der Waals surface area (Å²) in [6.45, 7) is 0.882. The Balaban J connectivity index is 1.71. The molecule has 19 heavy (non-hydrogen) atoms. The number of rotatable bonds is 4. The summed E-state index contributed by atoms with van der Waals surface area (Å²) in [5.41, 5.74) is 1.20. The lowest BCUT2D eigenvalue weighted by Crippen LogP contribution is -2.30. The van der Waals surface area contributed by atoms with Crippen LogP contribution in [0.2, 0.25) is 0 Å². The molecule has 1 aliphatic heterocycles. The molecular weight excluding hydrogens is 258 g/mol. The van der Waals surface area contributed by atoms with Crippen LogP contribution in [0, 0.1) is 5.92 Å². The monoisotopic (exact) mass is 277 g/mol. The van der Waals surface area contributed by atoms with E-state index in [-0.39, 0.29) is 5.37 Å². The van der Waals surface area contributed by atoms with Crippen LogP contribution in [0.5, 0.6) is 5.75 Å². The van der Waals surface area contributed by atoms with Crippen LogP contribution in [0.4, 0.5) is 0 Å². The van der Waals surface area contributed by atoms with E-state index in [9.17, 15) is 4.79 Å². The second kappa shape index (κ2) is 5.45. The SMILES string of the molecule is COc1ccc(C2SCCN2C(=O)CC2CC2)cc1. The lowest BCUT2D eigenvalue weighted by molar-refractivity contribution is -0.131. The molecule has 1 aromatic carbocycles. The minimum absolute atomic E-state index is 0.192. The summed E-state index contributed by atoms with van der Waals surface area (Å²) in [5.74, 6) is 2.89. The number of benzene rings is 1. The van der Waals surface area contributed by atoms with Gasteiger partial charge in [-0.2, -0.15) is 0 Å². The molecule has 1 aromatic rings. The maximum absolute atomic E-state index is 12.3. The van der Waals surface area contributed by atoms with Gasteiger partial charge >= 0.3 is 0 Å². The van der Waals surface area contributed by atoms with Crippen LogP contribution in [0.15, 0.2) is 24.3 Å². The molecule has 3 nitrogen and oxygen atoms in total. The van der Waals surface area contributed by atoms with E-state index in [1.165, 1.54) is 18.4 Å². The molecular formula is C15H19NO2S. The third kappa shape index (κ3) is 2.89. The first-order chi connectivity index (χ1) is 9.28. The number of hydrogen-bond donors (Lipinski definition) is 0. The fourth-order valence-electron chi connectivity index (χ4n) is 2.46. The maximum atomic E-state index is 12.3. The fraction of sp³-hybridized carbons (Fsp3) is 0.533. The van der Waals surface area contributed by atoms with Crippen molar-refractivity contribution in [2.75, 3.05) is 19.4 Å². The Kier molecular flexibility index (Phi) is 3.69. The smallest absolute Gasteiger partial charge is 0.224 e. The first-order valence-corrected chi connectivity index (χ1v) is 7.88. The second-order valence-electron chi connectivity index (χ2n) is 5.23. The predicted molar refractivity (Wildman–Crippen MR) is 77.2 cm³/mol. The number of thioether (sulfide) groups is 1. The van der Waals surface area contributed by atoms with Crippen molar-refractivity contribution in [3.05, 3.63) is 29.8 Å². The van der Waals surface area contributed by atoms with Crippen molar-refractivity contribution in [2.24, 2.45) is 5.92 Å². The second-order valence-corrected chi connectivity index (χ2v) is 6.42. The highest BCUT2D eigenvalue weighted by atomic mass is 32.2. The Hall–Kier alpha value is -1.16. The van der Waals surface area contributed by atoms with Gasteiger partial charge in [0.1, 0.15) is 11.1 Å². The van der Waals surface area contributed by atoms with E-state index in [0.29, 0.717) is 11.8 Å². The highest BCUT2D eigenvalue weighted by molar-refractivity contribution is 7.99. The summed E-state index contributed by atoms with van der Waals surface area (Å²) in [7, 11) is 1.67. The molecule has 1 saturated carbocycles. The number of methoxy groups -OCH3 is 1. The van der Waals surface area contributed by atoms with Gasteiger partial charge in [-0.1, -0.05) is 12.1 Å². The number of carbonyl (C=O) groups is 1. The number of amides is 1. The van der Waals surface area contributed by atoms with E-state index in [2.05, 4.69) is 12.1 Å². The number of carbonyl (C=O) groups excluding carboxylic acids is 1. The van der Waals surface area contributed by atoms with Crippen molar-refractivity contribution in [3.8, 4) is 5.75 Å². The molecule has 1 saturated heterocycles. The van der Waals surface area contributed by atoms with Crippen molar-refractivity contribution >= 4 is 17.7 Å². The summed E-state index contributed by atoms with van der Waals surface area (Å²) in [4.78, 5) is 14.3.